The highest BCUT2D eigenvalue weighted by Gasteiger charge is 2.27. The number of ether oxygens (including phenoxy) is 1. The predicted molar refractivity (Wildman–Crippen MR) is 101 cm³/mol. The van der Waals surface area contributed by atoms with E-state index in [1.807, 2.05) is 5.38 Å². The maximum atomic E-state index is 11.9. The first-order valence-electron chi connectivity index (χ1n) is 7.35. The summed E-state index contributed by atoms with van der Waals surface area (Å²) in [5, 5.41) is 9.14. The van der Waals surface area contributed by atoms with Crippen molar-refractivity contribution in [2.75, 3.05) is 26.8 Å². The number of nitrogens with zero attached hydrogens (tertiary/aromatic N) is 2. The van der Waals surface area contributed by atoms with Crippen LogP contribution in [0.3, 0.4) is 0 Å². The van der Waals surface area contributed by atoms with Gasteiger partial charge in [-0.05, 0) is 12.3 Å². The van der Waals surface area contributed by atoms with Crippen molar-refractivity contribution in [2.45, 2.75) is 38.9 Å². The van der Waals surface area contributed by atoms with Gasteiger partial charge in [0.2, 0.25) is 0 Å². The Hall–Kier alpha value is -0.620. The van der Waals surface area contributed by atoms with Crippen LogP contribution in [0.4, 0.5) is 13.2 Å². The third kappa shape index (κ3) is 10.3. The van der Waals surface area contributed by atoms with E-state index in [1.165, 1.54) is 0 Å². The van der Waals surface area contributed by atoms with Crippen LogP contribution in [0.1, 0.15) is 36.9 Å². The van der Waals surface area contributed by atoms with Crippen LogP contribution in [-0.2, 0) is 11.3 Å². The third-order valence-electron chi connectivity index (χ3n) is 2.82. The lowest BCUT2D eigenvalue weighted by molar-refractivity contribution is -0.173. The van der Waals surface area contributed by atoms with Gasteiger partial charge in [-0.2, -0.15) is 13.2 Å². The van der Waals surface area contributed by atoms with Gasteiger partial charge in [-0.15, -0.1) is 35.3 Å². The molecule has 0 atom stereocenters. The lowest BCUT2D eigenvalue weighted by Gasteiger charge is -2.11. The molecular weight excluding hydrogens is 456 g/mol. The van der Waals surface area contributed by atoms with Crippen molar-refractivity contribution < 1.29 is 17.9 Å². The molecule has 0 unspecified atom stereocenters. The summed E-state index contributed by atoms with van der Waals surface area (Å²) in [5.74, 6) is 0.983. The second-order valence-corrected chi connectivity index (χ2v) is 6.14. The predicted octanol–water partition coefficient (Wildman–Crippen LogP) is 3.52. The summed E-state index contributed by atoms with van der Waals surface area (Å²) in [6.45, 7) is 4.06. The molecule has 10 heteroatoms. The Morgan fingerprint density at radius 1 is 1.38 bits per heavy atom. The minimum Gasteiger partial charge on any atom is -0.372 e. The fourth-order valence-electron chi connectivity index (χ4n) is 1.62. The molecule has 0 radical (unpaired) electrons. The fourth-order valence-corrected chi connectivity index (χ4v) is 2.52. The summed E-state index contributed by atoms with van der Waals surface area (Å²) < 4.78 is 40.2. The number of hydrogen-bond acceptors (Lipinski definition) is 4. The van der Waals surface area contributed by atoms with E-state index in [4.69, 9.17) is 0 Å². The molecular formula is C14H24F3IN4OS. The molecule has 2 N–H and O–H groups in total. The SMILES string of the molecule is CN=C(NCCCOCC(F)(F)F)NCc1nc(C(C)C)cs1.I. The van der Waals surface area contributed by atoms with E-state index in [0.29, 0.717) is 31.4 Å². The molecule has 0 fully saturated rings. The Morgan fingerprint density at radius 3 is 2.62 bits per heavy atom. The first kappa shape index (κ1) is 23.4. The molecule has 1 aromatic rings. The van der Waals surface area contributed by atoms with Crippen molar-refractivity contribution in [1.29, 1.82) is 0 Å². The van der Waals surface area contributed by atoms with Crippen molar-refractivity contribution in [3.05, 3.63) is 16.1 Å². The second-order valence-electron chi connectivity index (χ2n) is 5.19. The number of guanidine groups is 1. The van der Waals surface area contributed by atoms with Crippen LogP contribution >= 0.6 is 35.3 Å². The van der Waals surface area contributed by atoms with Gasteiger partial charge in [0.25, 0.3) is 0 Å². The molecule has 0 aliphatic heterocycles. The summed E-state index contributed by atoms with van der Waals surface area (Å²) in [6.07, 6.45) is -3.81. The highest BCUT2D eigenvalue weighted by atomic mass is 127. The molecule has 140 valence electrons. The van der Waals surface area contributed by atoms with Crippen molar-refractivity contribution in [2.24, 2.45) is 4.99 Å². The molecule has 1 aromatic heterocycles. The van der Waals surface area contributed by atoms with Crippen molar-refractivity contribution >= 4 is 41.3 Å². The van der Waals surface area contributed by atoms with E-state index < -0.39 is 12.8 Å². The van der Waals surface area contributed by atoms with E-state index in [2.05, 4.69) is 39.2 Å². The molecule has 0 saturated carbocycles. The highest BCUT2D eigenvalue weighted by Crippen LogP contribution is 2.17. The molecule has 0 aromatic carbocycles. The van der Waals surface area contributed by atoms with Gasteiger partial charge in [0, 0.05) is 25.6 Å². The molecule has 0 saturated heterocycles. The first-order chi connectivity index (χ1) is 10.8. The second kappa shape index (κ2) is 11.9. The van der Waals surface area contributed by atoms with Crippen LogP contribution < -0.4 is 10.6 Å². The molecule has 1 rings (SSSR count). The molecule has 0 bridgehead atoms. The standard InChI is InChI=1S/C14H23F3N4OS.HI/c1-10(2)11-8-23-12(21-11)7-20-13(18-3)19-5-4-6-22-9-14(15,16)17;/h8,10H,4-7,9H2,1-3H3,(H2,18,19,20);1H. The quantitative estimate of drug-likeness (QED) is 0.259. The monoisotopic (exact) mass is 480 g/mol. The lowest BCUT2D eigenvalue weighted by Crippen LogP contribution is -2.37. The maximum absolute atomic E-state index is 11.9. The average Bonchev–Trinajstić information content (AvgIpc) is 2.93. The van der Waals surface area contributed by atoms with Crippen molar-refractivity contribution in [1.82, 2.24) is 15.6 Å². The number of hydrogen-bond donors (Lipinski definition) is 2. The normalized spacial score (nSPS) is 12.2. The molecule has 1 heterocycles. The van der Waals surface area contributed by atoms with Gasteiger partial charge in [0.05, 0.1) is 12.2 Å². The fraction of sp³-hybridized carbons (Fsp3) is 0.714. The Kier molecular flexibility index (Phi) is 11.5. The van der Waals surface area contributed by atoms with E-state index in [1.54, 1.807) is 18.4 Å². The Morgan fingerprint density at radius 2 is 2.08 bits per heavy atom. The van der Waals surface area contributed by atoms with Gasteiger partial charge in [0.15, 0.2) is 5.96 Å². The summed E-state index contributed by atoms with van der Waals surface area (Å²) >= 11 is 1.58. The number of nitrogens with one attached hydrogen (secondary N) is 2. The number of aromatic nitrogens is 1. The summed E-state index contributed by atoms with van der Waals surface area (Å²) in [7, 11) is 1.64. The lowest BCUT2D eigenvalue weighted by atomic mass is 10.2. The Balaban J connectivity index is 0.00000529. The van der Waals surface area contributed by atoms with Crippen LogP contribution in [0.2, 0.25) is 0 Å². The zero-order valence-corrected chi connectivity index (χ0v) is 17.1. The number of alkyl halides is 3. The molecule has 0 amide bonds. The Labute approximate surface area is 161 Å². The van der Waals surface area contributed by atoms with Crippen molar-refractivity contribution in [3.8, 4) is 0 Å². The average molecular weight is 480 g/mol. The Bertz CT molecular complexity index is 495. The van der Waals surface area contributed by atoms with Crippen LogP contribution in [0.5, 0.6) is 0 Å². The van der Waals surface area contributed by atoms with E-state index in [-0.39, 0.29) is 30.6 Å². The van der Waals surface area contributed by atoms with Gasteiger partial charge in [0.1, 0.15) is 11.6 Å². The maximum Gasteiger partial charge on any atom is 0.411 e. The zero-order valence-electron chi connectivity index (χ0n) is 13.9. The van der Waals surface area contributed by atoms with Crippen molar-refractivity contribution in [3.63, 3.8) is 0 Å². The molecule has 0 spiro atoms. The van der Waals surface area contributed by atoms with Crippen LogP contribution in [0, 0.1) is 0 Å². The number of aliphatic imine (C=N–C) groups is 1. The van der Waals surface area contributed by atoms with Gasteiger partial charge in [-0.3, -0.25) is 4.99 Å². The summed E-state index contributed by atoms with van der Waals surface area (Å²) in [5.41, 5.74) is 1.07. The molecule has 5 nitrogen and oxygen atoms in total. The van der Waals surface area contributed by atoms with Crippen LogP contribution in [0.25, 0.3) is 0 Å². The van der Waals surface area contributed by atoms with E-state index in [9.17, 15) is 13.2 Å². The minimum atomic E-state index is -4.27. The molecule has 0 aliphatic rings. The summed E-state index contributed by atoms with van der Waals surface area (Å²) in [6, 6.07) is 0. The van der Waals surface area contributed by atoms with E-state index in [0.717, 1.165) is 10.7 Å². The summed E-state index contributed by atoms with van der Waals surface area (Å²) in [4.78, 5) is 8.56. The van der Waals surface area contributed by atoms with E-state index >= 15 is 0 Å². The van der Waals surface area contributed by atoms with Gasteiger partial charge in [-0.25, -0.2) is 4.98 Å². The largest absolute Gasteiger partial charge is 0.411 e. The zero-order chi connectivity index (χ0) is 17.3. The van der Waals surface area contributed by atoms with Gasteiger partial charge in [-0.1, -0.05) is 13.8 Å². The van der Waals surface area contributed by atoms with Gasteiger partial charge >= 0.3 is 6.18 Å². The smallest absolute Gasteiger partial charge is 0.372 e. The van der Waals surface area contributed by atoms with Crippen LogP contribution in [0.15, 0.2) is 10.4 Å². The molecule has 24 heavy (non-hydrogen) atoms. The molecule has 0 aliphatic carbocycles. The third-order valence-corrected chi connectivity index (χ3v) is 3.68. The number of halogens is 4. The minimum absolute atomic E-state index is 0. The van der Waals surface area contributed by atoms with Crippen LogP contribution in [-0.4, -0.2) is 43.9 Å². The number of thiazole rings is 1. The number of rotatable bonds is 8. The van der Waals surface area contributed by atoms with Gasteiger partial charge < -0.3 is 15.4 Å². The first-order valence-corrected chi connectivity index (χ1v) is 8.23. The highest BCUT2D eigenvalue weighted by molar-refractivity contribution is 14.0. The topological polar surface area (TPSA) is 58.5 Å².